The van der Waals surface area contributed by atoms with Crippen LogP contribution >= 0.6 is 0 Å². The molecule has 4 heterocycles. The number of hydrogen-bond donors (Lipinski definition) is 1. The van der Waals surface area contributed by atoms with E-state index in [9.17, 15) is 14.7 Å². The molecule has 0 amide bonds. The molecule has 42 heavy (non-hydrogen) atoms. The van der Waals surface area contributed by atoms with Gasteiger partial charge in [0.2, 0.25) is 0 Å². The van der Waals surface area contributed by atoms with Crippen LogP contribution in [0.2, 0.25) is 0 Å². The van der Waals surface area contributed by atoms with E-state index in [1.807, 2.05) is 13.0 Å². The second-order valence-corrected chi connectivity index (χ2v) is 13.6. The highest BCUT2D eigenvalue weighted by atomic mass is 16.7. The molecule has 3 saturated heterocycles. The predicted octanol–water partition coefficient (Wildman–Crippen LogP) is 5.35. The van der Waals surface area contributed by atoms with Crippen LogP contribution in [0.5, 0.6) is 0 Å². The molecular weight excluding hydrogens is 536 g/mol. The Balaban J connectivity index is 1.54. The first-order valence-electron chi connectivity index (χ1n) is 15.6. The number of ether oxygens (including phenoxy) is 5. The van der Waals surface area contributed by atoms with E-state index in [0.717, 1.165) is 19.3 Å². The van der Waals surface area contributed by atoms with Crippen molar-refractivity contribution in [2.75, 3.05) is 7.11 Å². The SMILES string of the molecule is CO[C@@H]1C(C)=C[C@H]2C(=O)O[C@H]3C[C@@H](C/C=C(\C)C[C@@H](C)/C=C/C=C4C(=O)O[C@H]1[C@@]42O)O[C@@]1(CC[C@H](C)[C@@H](C(C)C)O1)C3. The fourth-order valence-electron chi connectivity index (χ4n) is 7.70. The molecule has 2 bridgehead atoms. The minimum atomic E-state index is -1.93. The van der Waals surface area contributed by atoms with Crippen molar-refractivity contribution in [3.63, 3.8) is 0 Å². The number of aliphatic hydroxyl groups is 1. The number of hydrogen-bond acceptors (Lipinski definition) is 8. The third-order valence-electron chi connectivity index (χ3n) is 9.81. The van der Waals surface area contributed by atoms with Crippen LogP contribution in [0.15, 0.2) is 47.1 Å². The summed E-state index contributed by atoms with van der Waals surface area (Å²) >= 11 is 0. The van der Waals surface area contributed by atoms with E-state index in [2.05, 4.69) is 40.7 Å². The van der Waals surface area contributed by atoms with Gasteiger partial charge in [0.1, 0.15) is 18.1 Å². The van der Waals surface area contributed by atoms with Crippen LogP contribution in [0, 0.1) is 23.7 Å². The standard InChI is InChI=1S/C34H48O8/c1-19(2)28-22(5)13-14-33(42-28)18-25-17-24(41-33)12-11-21(4)15-20(3)9-8-10-26-31(35)40-30-29(38-7)23(6)16-27(32(36)39-25)34(26,30)37/h8-11,16,19-20,22,24-25,27-30,37H,12-15,17-18H2,1-7H3/b9-8+,21-11+,26-10?/t20-,22-,24+,25-,27-,28+,29+,30+,33+,34+/m0/s1. The molecule has 0 aromatic carbocycles. The summed E-state index contributed by atoms with van der Waals surface area (Å²) in [6, 6.07) is 0. The number of rotatable bonds is 2. The molecule has 0 aromatic heterocycles. The van der Waals surface area contributed by atoms with Gasteiger partial charge in [-0.05, 0) is 62.5 Å². The van der Waals surface area contributed by atoms with Gasteiger partial charge in [0.25, 0.3) is 0 Å². The average molecular weight is 585 g/mol. The summed E-state index contributed by atoms with van der Waals surface area (Å²) in [6.07, 6.45) is 11.0. The molecule has 0 aromatic rings. The van der Waals surface area contributed by atoms with Crippen LogP contribution < -0.4 is 0 Å². The Bertz CT molecular complexity index is 1180. The van der Waals surface area contributed by atoms with Crippen LogP contribution in [0.4, 0.5) is 0 Å². The molecule has 8 heteroatoms. The Hall–Kier alpha value is -2.26. The van der Waals surface area contributed by atoms with Crippen molar-refractivity contribution in [2.24, 2.45) is 23.7 Å². The first-order valence-corrected chi connectivity index (χ1v) is 15.6. The monoisotopic (exact) mass is 584 g/mol. The van der Waals surface area contributed by atoms with Crippen molar-refractivity contribution in [1.29, 1.82) is 0 Å². The maximum atomic E-state index is 14.0. The summed E-state index contributed by atoms with van der Waals surface area (Å²) < 4.78 is 31.1. The maximum Gasteiger partial charge on any atom is 0.337 e. The number of fused-ring (bicyclic) bond motifs is 2. The highest BCUT2D eigenvalue weighted by Gasteiger charge is 2.64. The van der Waals surface area contributed by atoms with E-state index >= 15 is 0 Å². The number of carbonyl (C=O) groups excluding carboxylic acids is 2. The van der Waals surface area contributed by atoms with Gasteiger partial charge >= 0.3 is 11.9 Å². The van der Waals surface area contributed by atoms with Crippen molar-refractivity contribution >= 4 is 11.9 Å². The molecule has 1 spiro atoms. The molecule has 5 aliphatic rings. The van der Waals surface area contributed by atoms with Gasteiger partial charge in [0.15, 0.2) is 17.5 Å². The van der Waals surface area contributed by atoms with Gasteiger partial charge in [-0.15, -0.1) is 0 Å². The second-order valence-electron chi connectivity index (χ2n) is 13.6. The van der Waals surface area contributed by atoms with Gasteiger partial charge in [-0.3, -0.25) is 4.79 Å². The smallest absolute Gasteiger partial charge is 0.337 e. The molecule has 0 radical (unpaired) electrons. The van der Waals surface area contributed by atoms with Gasteiger partial charge in [0.05, 0.1) is 17.8 Å². The Morgan fingerprint density at radius 1 is 1.10 bits per heavy atom. The van der Waals surface area contributed by atoms with Crippen LogP contribution in [0.3, 0.4) is 0 Å². The van der Waals surface area contributed by atoms with Gasteiger partial charge in [-0.2, -0.15) is 0 Å². The fourth-order valence-corrected chi connectivity index (χ4v) is 7.70. The van der Waals surface area contributed by atoms with E-state index in [4.69, 9.17) is 23.7 Å². The maximum absolute atomic E-state index is 14.0. The molecule has 1 N–H and O–H groups in total. The van der Waals surface area contributed by atoms with Gasteiger partial charge in [-0.1, -0.05) is 57.6 Å². The van der Waals surface area contributed by atoms with Crippen molar-refractivity contribution in [3.8, 4) is 0 Å². The molecule has 4 aliphatic heterocycles. The molecule has 0 saturated carbocycles. The third-order valence-corrected chi connectivity index (χ3v) is 9.81. The fraction of sp³-hybridized carbons (Fsp3) is 0.706. The van der Waals surface area contributed by atoms with Crippen LogP contribution in [0.25, 0.3) is 0 Å². The first-order chi connectivity index (χ1) is 19.9. The molecule has 8 nitrogen and oxygen atoms in total. The van der Waals surface area contributed by atoms with E-state index < -0.39 is 47.6 Å². The van der Waals surface area contributed by atoms with Gasteiger partial charge in [-0.25, -0.2) is 4.79 Å². The zero-order valence-corrected chi connectivity index (χ0v) is 26.1. The predicted molar refractivity (Wildman–Crippen MR) is 157 cm³/mol. The van der Waals surface area contributed by atoms with E-state index in [1.165, 1.54) is 12.7 Å². The van der Waals surface area contributed by atoms with E-state index in [0.29, 0.717) is 36.7 Å². The van der Waals surface area contributed by atoms with E-state index in [1.54, 1.807) is 18.2 Å². The zero-order valence-electron chi connectivity index (χ0n) is 26.1. The molecule has 0 unspecified atom stereocenters. The van der Waals surface area contributed by atoms with Crippen LogP contribution in [0.1, 0.15) is 80.1 Å². The van der Waals surface area contributed by atoms with E-state index in [-0.39, 0.29) is 23.7 Å². The normalized spacial score (nSPS) is 44.8. The minimum Gasteiger partial charge on any atom is -0.462 e. The summed E-state index contributed by atoms with van der Waals surface area (Å²) in [6.45, 7) is 12.6. The Morgan fingerprint density at radius 3 is 2.57 bits per heavy atom. The van der Waals surface area contributed by atoms with Crippen molar-refractivity contribution in [3.05, 3.63) is 47.1 Å². The van der Waals surface area contributed by atoms with Gasteiger partial charge < -0.3 is 28.8 Å². The van der Waals surface area contributed by atoms with Crippen molar-refractivity contribution < 1.29 is 38.4 Å². The molecule has 1 aliphatic carbocycles. The number of esters is 2. The Labute approximate surface area is 250 Å². The zero-order chi connectivity index (χ0) is 30.4. The topological polar surface area (TPSA) is 101 Å². The Morgan fingerprint density at radius 2 is 1.86 bits per heavy atom. The summed E-state index contributed by atoms with van der Waals surface area (Å²) in [7, 11) is 1.50. The lowest BCUT2D eigenvalue weighted by molar-refractivity contribution is -0.340. The average Bonchev–Trinajstić information content (AvgIpc) is 3.17. The summed E-state index contributed by atoms with van der Waals surface area (Å²) in [5.74, 6) is -2.31. The van der Waals surface area contributed by atoms with Gasteiger partial charge in [0, 0.05) is 26.4 Å². The van der Waals surface area contributed by atoms with Crippen LogP contribution in [-0.4, -0.2) is 66.1 Å². The van der Waals surface area contributed by atoms with Crippen molar-refractivity contribution in [2.45, 2.75) is 122 Å². The molecule has 10 atom stereocenters. The van der Waals surface area contributed by atoms with Crippen molar-refractivity contribution in [1.82, 2.24) is 0 Å². The first kappa shape index (κ1) is 31.2. The molecule has 232 valence electrons. The summed E-state index contributed by atoms with van der Waals surface area (Å²) in [4.78, 5) is 27.2. The quantitative estimate of drug-likeness (QED) is 0.343. The largest absolute Gasteiger partial charge is 0.462 e. The summed E-state index contributed by atoms with van der Waals surface area (Å²) in [5, 5.41) is 12.2. The van der Waals surface area contributed by atoms with Crippen LogP contribution in [-0.2, 0) is 33.3 Å². The lowest BCUT2D eigenvalue weighted by Gasteiger charge is -2.50. The highest BCUT2D eigenvalue weighted by molar-refractivity contribution is 5.97. The molecule has 3 fully saturated rings. The Kier molecular flexibility index (Phi) is 8.93. The highest BCUT2D eigenvalue weighted by Crippen LogP contribution is 2.48. The lowest BCUT2D eigenvalue weighted by atomic mass is 9.70. The second kappa shape index (κ2) is 12.0. The lowest BCUT2D eigenvalue weighted by Crippen LogP contribution is -2.58. The number of methoxy groups -OCH3 is 1. The minimum absolute atomic E-state index is 0.0359. The molecule has 5 rings (SSSR count). The number of carbonyl (C=O) groups is 2. The summed E-state index contributed by atoms with van der Waals surface area (Å²) in [5.41, 5.74) is 0.0370. The number of allylic oxidation sites excluding steroid dienone is 4. The molecular formula is C34H48O8. The third kappa shape index (κ3) is 5.80.